The van der Waals surface area contributed by atoms with E-state index in [0.717, 1.165) is 58.3 Å². The second-order valence-electron chi connectivity index (χ2n) is 4.77. The van der Waals surface area contributed by atoms with E-state index in [-0.39, 0.29) is 24.0 Å². The first-order valence-corrected chi connectivity index (χ1v) is 8.03. The number of likely N-dealkylation sites (N-methyl/N-ethyl adjacent to an activating group) is 1. The number of guanidine groups is 1. The standard InChI is InChI=1S/C15H34N4O.HI/c1-6-16-15(17-11-10-12-20-9-4)18-13-14(5)19(7-2)8-3;/h14H,6-13H2,1-5H3,(H2,16,17,18);1H. The van der Waals surface area contributed by atoms with Gasteiger partial charge in [0.1, 0.15) is 0 Å². The molecule has 0 heterocycles. The van der Waals surface area contributed by atoms with Gasteiger partial charge in [0, 0.05) is 32.3 Å². The van der Waals surface area contributed by atoms with Gasteiger partial charge in [-0.3, -0.25) is 9.89 Å². The summed E-state index contributed by atoms with van der Waals surface area (Å²) >= 11 is 0. The fraction of sp³-hybridized carbons (Fsp3) is 0.933. The number of hydrogen-bond donors (Lipinski definition) is 2. The third-order valence-electron chi connectivity index (χ3n) is 3.26. The maximum absolute atomic E-state index is 5.33. The summed E-state index contributed by atoms with van der Waals surface area (Å²) in [7, 11) is 0. The van der Waals surface area contributed by atoms with E-state index >= 15 is 0 Å². The maximum atomic E-state index is 5.33. The lowest BCUT2D eigenvalue weighted by Crippen LogP contribution is -2.40. The molecule has 0 saturated heterocycles. The van der Waals surface area contributed by atoms with Crippen LogP contribution in [0.15, 0.2) is 4.99 Å². The summed E-state index contributed by atoms with van der Waals surface area (Å²) in [4.78, 5) is 7.08. The van der Waals surface area contributed by atoms with Crippen LogP contribution in [0.4, 0.5) is 0 Å². The number of halogens is 1. The van der Waals surface area contributed by atoms with Gasteiger partial charge in [-0.1, -0.05) is 13.8 Å². The molecule has 0 amide bonds. The topological polar surface area (TPSA) is 48.9 Å². The summed E-state index contributed by atoms with van der Waals surface area (Å²) in [5, 5.41) is 6.63. The van der Waals surface area contributed by atoms with Crippen LogP contribution in [0, 0.1) is 0 Å². The number of hydrogen-bond acceptors (Lipinski definition) is 3. The van der Waals surface area contributed by atoms with E-state index in [1.165, 1.54) is 0 Å². The Morgan fingerprint density at radius 1 is 1.14 bits per heavy atom. The SMILES string of the molecule is CCNC(=NCC(C)N(CC)CC)NCCCOCC.I. The highest BCUT2D eigenvalue weighted by Crippen LogP contribution is 1.98. The van der Waals surface area contributed by atoms with Crippen LogP contribution in [0.1, 0.15) is 41.0 Å². The molecule has 1 unspecified atom stereocenters. The zero-order valence-electron chi connectivity index (χ0n) is 14.4. The molecule has 21 heavy (non-hydrogen) atoms. The van der Waals surface area contributed by atoms with Crippen LogP contribution in [0.3, 0.4) is 0 Å². The van der Waals surface area contributed by atoms with Gasteiger partial charge < -0.3 is 15.4 Å². The summed E-state index contributed by atoms with van der Waals surface area (Å²) in [6.45, 7) is 17.1. The predicted octanol–water partition coefficient (Wildman–Crippen LogP) is 2.32. The zero-order valence-corrected chi connectivity index (χ0v) is 16.8. The first-order valence-electron chi connectivity index (χ1n) is 8.03. The minimum Gasteiger partial charge on any atom is -0.382 e. The molecule has 0 aliphatic heterocycles. The van der Waals surface area contributed by atoms with Crippen LogP contribution < -0.4 is 10.6 Å². The summed E-state index contributed by atoms with van der Waals surface area (Å²) in [6.07, 6.45) is 1.00. The van der Waals surface area contributed by atoms with Crippen LogP contribution in [-0.4, -0.2) is 62.8 Å². The Labute approximate surface area is 148 Å². The van der Waals surface area contributed by atoms with Gasteiger partial charge in [-0.2, -0.15) is 0 Å². The smallest absolute Gasteiger partial charge is 0.191 e. The Morgan fingerprint density at radius 3 is 2.33 bits per heavy atom. The third-order valence-corrected chi connectivity index (χ3v) is 3.26. The average molecular weight is 414 g/mol. The minimum absolute atomic E-state index is 0. The first kappa shape index (κ1) is 23.2. The molecule has 6 heteroatoms. The molecule has 0 aliphatic rings. The first-order chi connectivity index (χ1) is 9.69. The zero-order chi connectivity index (χ0) is 15.2. The Morgan fingerprint density at radius 2 is 1.81 bits per heavy atom. The van der Waals surface area contributed by atoms with Crippen molar-refractivity contribution in [1.29, 1.82) is 0 Å². The summed E-state index contributed by atoms with van der Waals surface area (Å²) in [6, 6.07) is 0.476. The summed E-state index contributed by atoms with van der Waals surface area (Å²) in [5.41, 5.74) is 0. The van der Waals surface area contributed by atoms with Gasteiger partial charge in [-0.25, -0.2) is 0 Å². The van der Waals surface area contributed by atoms with Crippen molar-refractivity contribution in [1.82, 2.24) is 15.5 Å². The van der Waals surface area contributed by atoms with Crippen molar-refractivity contribution in [3.8, 4) is 0 Å². The summed E-state index contributed by atoms with van der Waals surface area (Å²) in [5.74, 6) is 0.906. The Balaban J connectivity index is 0. The normalized spacial score (nSPS) is 13.0. The second-order valence-corrected chi connectivity index (χ2v) is 4.77. The molecule has 0 fully saturated rings. The van der Waals surface area contributed by atoms with Crippen molar-refractivity contribution in [2.75, 3.05) is 45.9 Å². The quantitative estimate of drug-likeness (QED) is 0.236. The van der Waals surface area contributed by atoms with Gasteiger partial charge in [0.05, 0.1) is 6.54 Å². The van der Waals surface area contributed by atoms with Crippen LogP contribution in [0.2, 0.25) is 0 Å². The van der Waals surface area contributed by atoms with E-state index in [2.05, 4.69) is 48.2 Å². The molecule has 0 aliphatic carbocycles. The van der Waals surface area contributed by atoms with Crippen LogP contribution in [0.25, 0.3) is 0 Å². The molecule has 0 aromatic heterocycles. The van der Waals surface area contributed by atoms with Gasteiger partial charge in [0.25, 0.3) is 0 Å². The maximum Gasteiger partial charge on any atom is 0.191 e. The van der Waals surface area contributed by atoms with E-state index in [9.17, 15) is 0 Å². The highest BCUT2D eigenvalue weighted by molar-refractivity contribution is 14.0. The van der Waals surface area contributed by atoms with Crippen LogP contribution >= 0.6 is 24.0 Å². The van der Waals surface area contributed by atoms with Crippen molar-refractivity contribution in [3.05, 3.63) is 0 Å². The lowest BCUT2D eigenvalue weighted by atomic mass is 10.3. The minimum atomic E-state index is 0. The van der Waals surface area contributed by atoms with E-state index in [0.29, 0.717) is 6.04 Å². The highest BCUT2D eigenvalue weighted by Gasteiger charge is 2.09. The fourth-order valence-electron chi connectivity index (χ4n) is 2.05. The van der Waals surface area contributed by atoms with Gasteiger partial charge in [-0.15, -0.1) is 24.0 Å². The lowest BCUT2D eigenvalue weighted by molar-refractivity contribution is 0.145. The van der Waals surface area contributed by atoms with Crippen molar-refractivity contribution in [2.45, 2.75) is 47.1 Å². The molecule has 0 spiro atoms. The van der Waals surface area contributed by atoms with Crippen LogP contribution in [-0.2, 0) is 4.74 Å². The molecular weight excluding hydrogens is 379 g/mol. The third kappa shape index (κ3) is 12.2. The van der Waals surface area contributed by atoms with E-state index in [4.69, 9.17) is 4.74 Å². The Kier molecular flexibility index (Phi) is 18.0. The van der Waals surface area contributed by atoms with E-state index in [1.54, 1.807) is 0 Å². The van der Waals surface area contributed by atoms with Gasteiger partial charge >= 0.3 is 0 Å². The van der Waals surface area contributed by atoms with Gasteiger partial charge in [-0.05, 0) is 40.3 Å². The number of nitrogens with one attached hydrogen (secondary N) is 2. The average Bonchev–Trinajstić information content (AvgIpc) is 2.45. The lowest BCUT2D eigenvalue weighted by Gasteiger charge is -2.25. The van der Waals surface area contributed by atoms with Crippen molar-refractivity contribution >= 4 is 29.9 Å². The van der Waals surface area contributed by atoms with Gasteiger partial charge in [0.15, 0.2) is 5.96 Å². The molecule has 0 aromatic carbocycles. The monoisotopic (exact) mass is 414 g/mol. The molecule has 0 saturated carbocycles. The second kappa shape index (κ2) is 16.3. The van der Waals surface area contributed by atoms with Gasteiger partial charge in [0.2, 0.25) is 0 Å². The number of aliphatic imine (C=N–C) groups is 1. The Hall–Kier alpha value is -0.0800. The molecule has 0 bridgehead atoms. The highest BCUT2D eigenvalue weighted by atomic mass is 127. The number of rotatable bonds is 11. The molecule has 0 aromatic rings. The van der Waals surface area contributed by atoms with Crippen molar-refractivity contribution in [3.63, 3.8) is 0 Å². The van der Waals surface area contributed by atoms with Crippen molar-refractivity contribution < 1.29 is 4.74 Å². The fourth-order valence-corrected chi connectivity index (χ4v) is 2.05. The van der Waals surface area contributed by atoms with E-state index < -0.39 is 0 Å². The molecule has 0 radical (unpaired) electrons. The molecular formula is C15H35IN4O. The molecule has 128 valence electrons. The predicted molar refractivity (Wildman–Crippen MR) is 103 cm³/mol. The number of ether oxygens (including phenoxy) is 1. The van der Waals surface area contributed by atoms with E-state index in [1.807, 2.05) is 6.92 Å². The van der Waals surface area contributed by atoms with Crippen LogP contribution in [0.5, 0.6) is 0 Å². The molecule has 5 nitrogen and oxygen atoms in total. The Bertz CT molecular complexity index is 248. The van der Waals surface area contributed by atoms with Crippen molar-refractivity contribution in [2.24, 2.45) is 4.99 Å². The molecule has 2 N–H and O–H groups in total. The summed E-state index contributed by atoms with van der Waals surface area (Å²) < 4.78 is 5.33. The number of nitrogens with zero attached hydrogens (tertiary/aromatic N) is 2. The molecule has 1 atom stereocenters. The molecule has 0 rings (SSSR count). The largest absolute Gasteiger partial charge is 0.382 e.